The molecule has 1 saturated heterocycles. The van der Waals surface area contributed by atoms with Crippen molar-refractivity contribution in [3.05, 3.63) is 20.8 Å². The van der Waals surface area contributed by atoms with E-state index in [2.05, 4.69) is 27.3 Å². The topological polar surface area (TPSA) is 32.3 Å². The van der Waals surface area contributed by atoms with Crippen molar-refractivity contribution in [2.45, 2.75) is 13.5 Å². The van der Waals surface area contributed by atoms with E-state index in [4.69, 9.17) is 0 Å². The van der Waals surface area contributed by atoms with Gasteiger partial charge in [0.25, 0.3) is 0 Å². The summed E-state index contributed by atoms with van der Waals surface area (Å²) in [5.41, 5.74) is 0. The van der Waals surface area contributed by atoms with E-state index in [1.807, 2.05) is 24.3 Å². The minimum Gasteiger partial charge on any atom is -0.340 e. The third kappa shape index (κ3) is 3.09. The quantitative estimate of drug-likeness (QED) is 0.924. The third-order valence-corrected chi connectivity index (χ3v) is 4.98. The van der Waals surface area contributed by atoms with E-state index in [-0.39, 0.29) is 11.8 Å². The lowest BCUT2D eigenvalue weighted by Crippen LogP contribution is -2.49. The van der Waals surface area contributed by atoms with Gasteiger partial charge in [-0.05, 0) is 41.0 Å². The van der Waals surface area contributed by atoms with E-state index >= 15 is 0 Å². The summed E-state index contributed by atoms with van der Waals surface area (Å²) in [6, 6.07) is 2.07. The minimum atomic E-state index is 0.129. The molecule has 0 bridgehead atoms. The number of hydrogen-bond donors (Lipinski definition) is 1. The number of nitrogens with one attached hydrogen (secondary N) is 1. The normalized spacial score (nSPS) is 17.6. The number of hydrogen-bond acceptors (Lipinski definition) is 3. The molecule has 0 aliphatic carbocycles. The molecule has 1 aromatic heterocycles. The largest absolute Gasteiger partial charge is 0.340 e. The SMILES string of the molecule is CC(C(=O)N(C)Cc1cc(Br)cs1)C1CNC1. The zero-order chi connectivity index (χ0) is 12.4. The maximum absolute atomic E-state index is 12.2. The van der Waals surface area contributed by atoms with E-state index in [1.165, 1.54) is 4.88 Å². The van der Waals surface area contributed by atoms with Crippen LogP contribution in [0.4, 0.5) is 0 Å². The molecule has 0 aromatic carbocycles. The highest BCUT2D eigenvalue weighted by Gasteiger charge is 2.30. The maximum Gasteiger partial charge on any atom is 0.225 e. The van der Waals surface area contributed by atoms with E-state index in [0.717, 1.165) is 17.6 Å². The molecule has 0 saturated carbocycles. The third-order valence-electron chi connectivity index (χ3n) is 3.30. The predicted molar refractivity (Wildman–Crippen MR) is 74.0 cm³/mol. The minimum absolute atomic E-state index is 0.129. The standard InChI is InChI=1S/C12H17BrN2OS/c1-8(9-4-14-5-9)12(16)15(2)6-11-3-10(13)7-17-11/h3,7-9,14H,4-6H2,1-2H3. The van der Waals surface area contributed by atoms with Crippen molar-refractivity contribution in [3.63, 3.8) is 0 Å². The van der Waals surface area contributed by atoms with Crippen LogP contribution in [-0.2, 0) is 11.3 Å². The van der Waals surface area contributed by atoms with Gasteiger partial charge in [0, 0.05) is 27.7 Å². The first-order valence-corrected chi connectivity index (χ1v) is 7.44. The second-order valence-electron chi connectivity index (χ2n) is 4.63. The van der Waals surface area contributed by atoms with Gasteiger partial charge in [0.2, 0.25) is 5.91 Å². The molecule has 3 nitrogen and oxygen atoms in total. The monoisotopic (exact) mass is 316 g/mol. The molecule has 1 unspecified atom stereocenters. The Kier molecular flexibility index (Phi) is 4.22. The zero-order valence-corrected chi connectivity index (χ0v) is 12.5. The van der Waals surface area contributed by atoms with Gasteiger partial charge in [-0.1, -0.05) is 6.92 Å². The summed E-state index contributed by atoms with van der Waals surface area (Å²) < 4.78 is 1.09. The molecule has 1 aromatic rings. The first kappa shape index (κ1) is 13.1. The van der Waals surface area contributed by atoms with Crippen LogP contribution in [0.25, 0.3) is 0 Å². The Morgan fingerprint density at radius 3 is 2.88 bits per heavy atom. The smallest absolute Gasteiger partial charge is 0.225 e. The Labute approximate surface area is 114 Å². The number of halogens is 1. The van der Waals surface area contributed by atoms with Gasteiger partial charge >= 0.3 is 0 Å². The van der Waals surface area contributed by atoms with E-state index in [9.17, 15) is 4.79 Å². The molecule has 94 valence electrons. The van der Waals surface area contributed by atoms with Crippen LogP contribution in [0.1, 0.15) is 11.8 Å². The molecular weight excluding hydrogens is 300 g/mol. The molecule has 17 heavy (non-hydrogen) atoms. The summed E-state index contributed by atoms with van der Waals surface area (Å²) in [5, 5.41) is 5.26. The van der Waals surface area contributed by atoms with Crippen LogP contribution in [0, 0.1) is 11.8 Å². The van der Waals surface area contributed by atoms with E-state index < -0.39 is 0 Å². The molecule has 1 aliphatic rings. The van der Waals surface area contributed by atoms with Crippen LogP contribution in [0.3, 0.4) is 0 Å². The Balaban J connectivity index is 1.90. The van der Waals surface area contributed by atoms with Crippen LogP contribution in [0.2, 0.25) is 0 Å². The van der Waals surface area contributed by atoms with Gasteiger partial charge in [-0.2, -0.15) is 0 Å². The molecule has 0 radical (unpaired) electrons. The zero-order valence-electron chi connectivity index (χ0n) is 10.1. The van der Waals surface area contributed by atoms with Gasteiger partial charge in [-0.25, -0.2) is 0 Å². The fourth-order valence-corrected chi connectivity index (χ4v) is 3.47. The number of thiophene rings is 1. The molecule has 1 aliphatic heterocycles. The molecule has 2 heterocycles. The number of nitrogens with zero attached hydrogens (tertiary/aromatic N) is 1. The lowest BCUT2D eigenvalue weighted by Gasteiger charge is -2.33. The van der Waals surface area contributed by atoms with Crippen LogP contribution >= 0.6 is 27.3 Å². The second kappa shape index (κ2) is 5.50. The van der Waals surface area contributed by atoms with Crippen LogP contribution in [-0.4, -0.2) is 30.9 Å². The Bertz CT molecular complexity index is 403. The van der Waals surface area contributed by atoms with Crippen molar-refractivity contribution in [1.29, 1.82) is 0 Å². The number of rotatable bonds is 4. The summed E-state index contributed by atoms with van der Waals surface area (Å²) in [7, 11) is 1.89. The molecule has 2 rings (SSSR count). The van der Waals surface area contributed by atoms with E-state index in [1.54, 1.807) is 11.3 Å². The van der Waals surface area contributed by atoms with Crippen molar-refractivity contribution >= 4 is 33.2 Å². The first-order chi connectivity index (χ1) is 8.08. The summed E-state index contributed by atoms with van der Waals surface area (Å²) in [6.45, 7) is 4.70. The van der Waals surface area contributed by atoms with Gasteiger partial charge in [0.05, 0.1) is 6.54 Å². The van der Waals surface area contributed by atoms with Crippen molar-refractivity contribution in [2.24, 2.45) is 11.8 Å². The number of amides is 1. The van der Waals surface area contributed by atoms with E-state index in [0.29, 0.717) is 12.5 Å². The fraction of sp³-hybridized carbons (Fsp3) is 0.583. The molecule has 1 amide bonds. The van der Waals surface area contributed by atoms with Gasteiger partial charge < -0.3 is 10.2 Å². The Morgan fingerprint density at radius 2 is 2.41 bits per heavy atom. The summed E-state index contributed by atoms with van der Waals surface area (Å²) in [6.07, 6.45) is 0. The van der Waals surface area contributed by atoms with Crippen LogP contribution in [0.15, 0.2) is 15.9 Å². The van der Waals surface area contributed by atoms with Crippen LogP contribution < -0.4 is 5.32 Å². The van der Waals surface area contributed by atoms with Gasteiger partial charge in [0.15, 0.2) is 0 Å². The first-order valence-electron chi connectivity index (χ1n) is 5.76. The average Bonchev–Trinajstić information content (AvgIpc) is 2.60. The Morgan fingerprint density at radius 1 is 1.71 bits per heavy atom. The second-order valence-corrected chi connectivity index (χ2v) is 6.54. The fourth-order valence-electron chi connectivity index (χ4n) is 1.96. The molecule has 1 atom stereocenters. The molecule has 0 spiro atoms. The molecule has 1 N–H and O–H groups in total. The van der Waals surface area contributed by atoms with Crippen LogP contribution in [0.5, 0.6) is 0 Å². The predicted octanol–water partition coefficient (Wildman–Crippen LogP) is 2.32. The van der Waals surface area contributed by atoms with Crippen molar-refractivity contribution in [3.8, 4) is 0 Å². The lowest BCUT2D eigenvalue weighted by molar-refractivity contribution is -0.136. The van der Waals surface area contributed by atoms with Gasteiger partial charge in [-0.15, -0.1) is 11.3 Å². The van der Waals surface area contributed by atoms with Crippen molar-refractivity contribution in [1.82, 2.24) is 10.2 Å². The highest BCUT2D eigenvalue weighted by molar-refractivity contribution is 9.10. The summed E-state index contributed by atoms with van der Waals surface area (Å²) in [5.74, 6) is 0.894. The maximum atomic E-state index is 12.2. The number of carbonyl (C=O) groups is 1. The van der Waals surface area contributed by atoms with Crippen molar-refractivity contribution < 1.29 is 4.79 Å². The average molecular weight is 317 g/mol. The van der Waals surface area contributed by atoms with Gasteiger partial charge in [0.1, 0.15) is 0 Å². The summed E-state index contributed by atoms with van der Waals surface area (Å²) in [4.78, 5) is 15.2. The molecular formula is C12H17BrN2OS. The highest BCUT2D eigenvalue weighted by Crippen LogP contribution is 2.23. The van der Waals surface area contributed by atoms with Gasteiger partial charge in [-0.3, -0.25) is 4.79 Å². The molecule has 1 fully saturated rings. The number of carbonyl (C=O) groups excluding carboxylic acids is 1. The summed E-state index contributed by atoms with van der Waals surface area (Å²) >= 11 is 5.11. The molecule has 5 heteroatoms. The Hall–Kier alpha value is -0.390. The highest BCUT2D eigenvalue weighted by atomic mass is 79.9. The lowest BCUT2D eigenvalue weighted by atomic mass is 9.88. The van der Waals surface area contributed by atoms with Crippen molar-refractivity contribution in [2.75, 3.05) is 20.1 Å².